The molecule has 2 aromatic rings. The summed E-state index contributed by atoms with van der Waals surface area (Å²) in [5, 5.41) is 10.3. The van der Waals surface area contributed by atoms with E-state index in [2.05, 4.69) is 0 Å². The highest BCUT2D eigenvalue weighted by molar-refractivity contribution is 7.14. The van der Waals surface area contributed by atoms with Gasteiger partial charge in [0.05, 0.1) is 13.2 Å². The first kappa shape index (κ1) is 16.5. The van der Waals surface area contributed by atoms with Gasteiger partial charge in [-0.1, -0.05) is 17.7 Å². The lowest BCUT2D eigenvalue weighted by Gasteiger charge is -2.27. The van der Waals surface area contributed by atoms with Crippen LogP contribution < -0.4 is 0 Å². The highest BCUT2D eigenvalue weighted by Gasteiger charge is 2.30. The zero-order valence-corrected chi connectivity index (χ0v) is 14.5. The molecule has 1 aliphatic rings. The molecule has 0 unspecified atom stereocenters. The Morgan fingerprint density at radius 1 is 1.29 bits per heavy atom. The maximum atomic E-state index is 12.6. The lowest BCUT2D eigenvalue weighted by Crippen LogP contribution is -2.35. The van der Waals surface area contributed by atoms with Crippen LogP contribution in [0.25, 0.3) is 0 Å². The number of benzene rings is 1. The van der Waals surface area contributed by atoms with Crippen LogP contribution in [0, 0.1) is 6.92 Å². The van der Waals surface area contributed by atoms with E-state index in [-0.39, 0.29) is 23.1 Å². The van der Waals surface area contributed by atoms with Crippen LogP contribution in [0.3, 0.4) is 0 Å². The summed E-state index contributed by atoms with van der Waals surface area (Å²) in [6.07, 6.45) is 0.630. The fraction of sp³-hybridized carbons (Fsp3) is 0.333. The third-order valence-electron chi connectivity index (χ3n) is 4.07. The normalized spacial score (nSPS) is 13.5. The van der Waals surface area contributed by atoms with E-state index in [0.29, 0.717) is 30.6 Å². The van der Waals surface area contributed by atoms with Gasteiger partial charge in [-0.15, -0.1) is 11.3 Å². The largest absolute Gasteiger partial charge is 0.506 e. The van der Waals surface area contributed by atoms with Crippen molar-refractivity contribution in [2.75, 3.05) is 13.2 Å². The average molecular weight is 345 g/mol. The molecule has 0 aliphatic carbocycles. The van der Waals surface area contributed by atoms with Crippen molar-refractivity contribution in [3.63, 3.8) is 0 Å². The molecular formula is C18H19NO4S. The summed E-state index contributed by atoms with van der Waals surface area (Å²) in [5.41, 5.74) is 2.39. The van der Waals surface area contributed by atoms with Crippen LogP contribution in [0.15, 0.2) is 24.3 Å². The predicted octanol–water partition coefficient (Wildman–Crippen LogP) is 3.14. The number of amides is 1. The highest BCUT2D eigenvalue weighted by atomic mass is 32.1. The van der Waals surface area contributed by atoms with E-state index >= 15 is 0 Å². The Kier molecular flexibility index (Phi) is 4.57. The van der Waals surface area contributed by atoms with E-state index in [0.717, 1.165) is 10.4 Å². The van der Waals surface area contributed by atoms with Crippen molar-refractivity contribution >= 4 is 23.2 Å². The molecule has 1 aromatic carbocycles. The monoisotopic (exact) mass is 345 g/mol. The summed E-state index contributed by atoms with van der Waals surface area (Å²) in [5.74, 6) is -0.621. The number of carbonyl (C=O) groups excluding carboxylic acids is 2. The van der Waals surface area contributed by atoms with Gasteiger partial charge in [0.2, 0.25) is 0 Å². The predicted molar refractivity (Wildman–Crippen MR) is 91.6 cm³/mol. The minimum absolute atomic E-state index is 0.0464. The second kappa shape index (κ2) is 6.65. The molecule has 0 bridgehead atoms. The Morgan fingerprint density at radius 3 is 2.67 bits per heavy atom. The smallest absolute Gasteiger partial charge is 0.352 e. The standard InChI is InChI=1S/C18H19NO4S/c1-3-23-18(22)16-15(20)13-10-19(9-8-14(13)24-16)17(21)12-6-4-11(2)5-7-12/h4-7,20H,3,8-10H2,1-2H3. The average Bonchev–Trinajstić information content (AvgIpc) is 2.92. The molecule has 0 spiro atoms. The Morgan fingerprint density at radius 2 is 2.00 bits per heavy atom. The number of nitrogens with zero attached hydrogens (tertiary/aromatic N) is 1. The maximum absolute atomic E-state index is 12.6. The van der Waals surface area contributed by atoms with Crippen molar-refractivity contribution in [1.29, 1.82) is 0 Å². The zero-order valence-electron chi connectivity index (χ0n) is 13.7. The van der Waals surface area contributed by atoms with Gasteiger partial charge in [0.1, 0.15) is 5.75 Å². The first-order chi connectivity index (χ1) is 11.5. The van der Waals surface area contributed by atoms with E-state index < -0.39 is 5.97 Å². The summed E-state index contributed by atoms with van der Waals surface area (Å²) in [4.78, 5) is 27.4. The minimum atomic E-state index is -0.509. The van der Waals surface area contributed by atoms with Crippen LogP contribution in [-0.2, 0) is 17.7 Å². The van der Waals surface area contributed by atoms with Crippen molar-refractivity contribution < 1.29 is 19.4 Å². The molecule has 1 aromatic heterocycles. The molecule has 24 heavy (non-hydrogen) atoms. The number of ether oxygens (including phenoxy) is 1. The summed E-state index contributed by atoms with van der Waals surface area (Å²) < 4.78 is 4.97. The third kappa shape index (κ3) is 3.01. The van der Waals surface area contributed by atoms with Crippen molar-refractivity contribution in [3.05, 3.63) is 50.7 Å². The molecule has 6 heteroatoms. The van der Waals surface area contributed by atoms with Gasteiger partial charge < -0.3 is 14.7 Å². The lowest BCUT2D eigenvalue weighted by atomic mass is 10.1. The molecule has 2 heterocycles. The Balaban J connectivity index is 1.82. The number of fused-ring (bicyclic) bond motifs is 1. The van der Waals surface area contributed by atoms with Crippen LogP contribution in [-0.4, -0.2) is 35.0 Å². The highest BCUT2D eigenvalue weighted by Crippen LogP contribution is 2.38. The number of thiophene rings is 1. The topological polar surface area (TPSA) is 66.8 Å². The lowest BCUT2D eigenvalue weighted by molar-refractivity contribution is 0.0529. The van der Waals surface area contributed by atoms with Gasteiger partial charge in [-0.2, -0.15) is 0 Å². The Labute approximate surface area is 144 Å². The molecule has 1 amide bonds. The van der Waals surface area contributed by atoms with Gasteiger partial charge in [-0.05, 0) is 32.4 Å². The molecule has 0 atom stereocenters. The van der Waals surface area contributed by atoms with Crippen molar-refractivity contribution in [1.82, 2.24) is 4.90 Å². The quantitative estimate of drug-likeness (QED) is 0.868. The van der Waals surface area contributed by atoms with E-state index in [4.69, 9.17) is 4.74 Å². The van der Waals surface area contributed by atoms with Gasteiger partial charge in [0, 0.05) is 22.5 Å². The maximum Gasteiger partial charge on any atom is 0.352 e. The van der Waals surface area contributed by atoms with Crippen LogP contribution in [0.2, 0.25) is 0 Å². The molecule has 5 nitrogen and oxygen atoms in total. The van der Waals surface area contributed by atoms with E-state index in [9.17, 15) is 14.7 Å². The second-order valence-corrected chi connectivity index (χ2v) is 6.85. The first-order valence-corrected chi connectivity index (χ1v) is 8.69. The molecule has 126 valence electrons. The van der Waals surface area contributed by atoms with Crippen molar-refractivity contribution in [3.8, 4) is 5.75 Å². The number of hydrogen-bond acceptors (Lipinski definition) is 5. The van der Waals surface area contributed by atoms with Gasteiger partial charge in [0.15, 0.2) is 4.88 Å². The van der Waals surface area contributed by atoms with Gasteiger partial charge in [0.25, 0.3) is 5.91 Å². The molecule has 1 N–H and O–H groups in total. The van der Waals surface area contributed by atoms with Crippen LogP contribution in [0.4, 0.5) is 0 Å². The zero-order chi connectivity index (χ0) is 17.3. The second-order valence-electron chi connectivity index (χ2n) is 5.74. The Hall–Kier alpha value is -2.34. The molecule has 0 saturated heterocycles. The summed E-state index contributed by atoms with van der Waals surface area (Å²) >= 11 is 1.26. The van der Waals surface area contributed by atoms with Crippen molar-refractivity contribution in [2.45, 2.75) is 26.8 Å². The van der Waals surface area contributed by atoms with Gasteiger partial charge in [-0.3, -0.25) is 4.79 Å². The fourth-order valence-corrected chi connectivity index (χ4v) is 3.85. The fourth-order valence-electron chi connectivity index (χ4n) is 2.76. The number of esters is 1. The summed E-state index contributed by atoms with van der Waals surface area (Å²) in [6.45, 7) is 4.84. The number of carbonyl (C=O) groups is 2. The SMILES string of the molecule is CCOC(=O)c1sc2c(c1O)CN(C(=O)c1ccc(C)cc1)CC2. The molecule has 0 saturated carbocycles. The molecule has 3 rings (SSSR count). The van der Waals surface area contributed by atoms with Gasteiger partial charge in [-0.25, -0.2) is 4.79 Å². The first-order valence-electron chi connectivity index (χ1n) is 7.87. The van der Waals surface area contributed by atoms with E-state index in [1.54, 1.807) is 11.8 Å². The molecular weight excluding hydrogens is 326 g/mol. The van der Waals surface area contributed by atoms with E-state index in [1.807, 2.05) is 31.2 Å². The summed E-state index contributed by atoms with van der Waals surface area (Å²) in [6, 6.07) is 7.43. The van der Waals surface area contributed by atoms with E-state index in [1.165, 1.54) is 11.3 Å². The van der Waals surface area contributed by atoms with Crippen LogP contribution >= 0.6 is 11.3 Å². The van der Waals surface area contributed by atoms with Crippen LogP contribution in [0.1, 0.15) is 43.0 Å². The molecule has 0 fully saturated rings. The number of aromatic hydroxyl groups is 1. The Bertz CT molecular complexity index is 779. The molecule has 1 aliphatic heterocycles. The third-order valence-corrected chi connectivity index (χ3v) is 5.33. The number of rotatable bonds is 3. The molecule has 0 radical (unpaired) electrons. The van der Waals surface area contributed by atoms with Gasteiger partial charge >= 0.3 is 5.97 Å². The van der Waals surface area contributed by atoms with Crippen LogP contribution in [0.5, 0.6) is 5.75 Å². The van der Waals surface area contributed by atoms with Crippen molar-refractivity contribution in [2.24, 2.45) is 0 Å². The minimum Gasteiger partial charge on any atom is -0.506 e. The number of aryl methyl sites for hydroxylation is 1. The summed E-state index contributed by atoms with van der Waals surface area (Å²) in [7, 11) is 0. The number of hydrogen-bond donors (Lipinski definition) is 1.